The Kier molecular flexibility index (Phi) is 4.20. The summed E-state index contributed by atoms with van der Waals surface area (Å²) in [6, 6.07) is 0. The van der Waals surface area contributed by atoms with Crippen LogP contribution in [0, 0.1) is 0 Å². The van der Waals surface area contributed by atoms with Gasteiger partial charge in [0.1, 0.15) is 0 Å². The minimum Gasteiger partial charge on any atom is -0.498 e. The van der Waals surface area contributed by atoms with Crippen molar-refractivity contribution < 1.29 is 4.74 Å². The van der Waals surface area contributed by atoms with E-state index in [1.807, 2.05) is 6.92 Å². The topological polar surface area (TPSA) is 9.23 Å². The second-order valence-corrected chi connectivity index (χ2v) is 2.40. The fourth-order valence-corrected chi connectivity index (χ4v) is 0.399. The van der Waals surface area contributed by atoms with Crippen LogP contribution >= 0.6 is 0 Å². The van der Waals surface area contributed by atoms with E-state index in [-0.39, 0.29) is 0 Å². The first-order valence-electron chi connectivity index (χ1n) is 3.45. The maximum Gasteiger partial charge on any atom is 0.0915 e. The lowest BCUT2D eigenvalue weighted by atomic mass is 10.3. The minimum atomic E-state index is 0.844. The first kappa shape index (κ1) is 8.54. The van der Waals surface area contributed by atoms with E-state index in [9.17, 15) is 0 Å². The second kappa shape index (κ2) is 4.42. The van der Waals surface area contributed by atoms with Gasteiger partial charge in [0.25, 0.3) is 0 Å². The highest BCUT2D eigenvalue weighted by Gasteiger charge is 1.89. The van der Waals surface area contributed by atoms with E-state index >= 15 is 0 Å². The highest BCUT2D eigenvalue weighted by molar-refractivity contribution is 4.98. The molecule has 0 aliphatic heterocycles. The molecule has 0 aromatic carbocycles. The maximum absolute atomic E-state index is 5.33. The molecule has 0 aromatic heterocycles. The van der Waals surface area contributed by atoms with Gasteiger partial charge in [-0.05, 0) is 32.8 Å². The van der Waals surface area contributed by atoms with Gasteiger partial charge in [-0.2, -0.15) is 0 Å². The molecule has 1 nitrogen and oxygen atoms in total. The van der Waals surface area contributed by atoms with Crippen molar-refractivity contribution in [1.82, 2.24) is 0 Å². The summed E-state index contributed by atoms with van der Waals surface area (Å²) in [7, 11) is 0. The van der Waals surface area contributed by atoms with E-state index in [1.54, 1.807) is 0 Å². The highest BCUT2D eigenvalue weighted by Crippen LogP contribution is 2.03. The standard InChI is InChI=1S/C8H16O/c1-5-6-9-8(4)7(2)3/h5-6H2,1-4H3. The van der Waals surface area contributed by atoms with Crippen LogP contribution in [0.4, 0.5) is 0 Å². The molecule has 0 aliphatic rings. The fraction of sp³-hybridized carbons (Fsp3) is 0.750. The van der Waals surface area contributed by atoms with Gasteiger partial charge in [-0.15, -0.1) is 0 Å². The SMILES string of the molecule is CCCOC(C)=C(C)C. The zero-order valence-corrected chi connectivity index (χ0v) is 6.82. The molecule has 0 fully saturated rings. The Morgan fingerprint density at radius 3 is 2.11 bits per heavy atom. The van der Waals surface area contributed by atoms with Crippen LogP contribution in [-0.4, -0.2) is 6.61 Å². The molecule has 0 aromatic rings. The number of hydrogen-bond donors (Lipinski definition) is 0. The van der Waals surface area contributed by atoms with Gasteiger partial charge in [-0.1, -0.05) is 6.92 Å². The van der Waals surface area contributed by atoms with Crippen molar-refractivity contribution in [2.45, 2.75) is 34.1 Å². The molecular formula is C8H16O. The summed E-state index contributed by atoms with van der Waals surface area (Å²) >= 11 is 0. The fourth-order valence-electron chi connectivity index (χ4n) is 0.399. The van der Waals surface area contributed by atoms with Gasteiger partial charge in [-0.25, -0.2) is 0 Å². The molecule has 0 saturated heterocycles. The number of hydrogen-bond acceptors (Lipinski definition) is 1. The van der Waals surface area contributed by atoms with Crippen LogP contribution in [0.25, 0.3) is 0 Å². The van der Waals surface area contributed by atoms with Crippen molar-refractivity contribution in [2.24, 2.45) is 0 Å². The van der Waals surface area contributed by atoms with Crippen molar-refractivity contribution in [1.29, 1.82) is 0 Å². The smallest absolute Gasteiger partial charge is 0.0915 e. The number of allylic oxidation sites excluding steroid dienone is 2. The van der Waals surface area contributed by atoms with Gasteiger partial charge in [-0.3, -0.25) is 0 Å². The Hall–Kier alpha value is -0.460. The highest BCUT2D eigenvalue weighted by atomic mass is 16.5. The quantitative estimate of drug-likeness (QED) is 0.531. The van der Waals surface area contributed by atoms with Crippen LogP contribution in [0.2, 0.25) is 0 Å². The van der Waals surface area contributed by atoms with Crippen LogP contribution in [0.5, 0.6) is 0 Å². The Morgan fingerprint density at radius 1 is 1.22 bits per heavy atom. The van der Waals surface area contributed by atoms with Crippen LogP contribution in [-0.2, 0) is 4.74 Å². The summed E-state index contributed by atoms with van der Waals surface area (Å²) in [6.07, 6.45) is 1.09. The molecule has 9 heavy (non-hydrogen) atoms. The second-order valence-electron chi connectivity index (χ2n) is 2.40. The lowest BCUT2D eigenvalue weighted by Crippen LogP contribution is -1.91. The normalized spacial score (nSPS) is 8.89. The van der Waals surface area contributed by atoms with E-state index in [4.69, 9.17) is 4.74 Å². The van der Waals surface area contributed by atoms with E-state index in [0.29, 0.717) is 0 Å². The first-order chi connectivity index (χ1) is 4.18. The summed E-state index contributed by atoms with van der Waals surface area (Å²) in [4.78, 5) is 0. The van der Waals surface area contributed by atoms with Crippen LogP contribution in [0.3, 0.4) is 0 Å². The Balaban J connectivity index is 3.50. The largest absolute Gasteiger partial charge is 0.498 e. The van der Waals surface area contributed by atoms with E-state index in [1.165, 1.54) is 5.57 Å². The molecule has 0 aliphatic carbocycles. The van der Waals surface area contributed by atoms with Crippen molar-refractivity contribution >= 4 is 0 Å². The van der Waals surface area contributed by atoms with Gasteiger partial charge in [0.2, 0.25) is 0 Å². The lowest BCUT2D eigenvalue weighted by Gasteiger charge is -2.04. The van der Waals surface area contributed by atoms with E-state index in [0.717, 1.165) is 18.8 Å². The Labute approximate surface area is 57.7 Å². The monoisotopic (exact) mass is 128 g/mol. The predicted octanol–water partition coefficient (Wildman–Crippen LogP) is 2.73. The average molecular weight is 128 g/mol. The number of rotatable bonds is 3. The van der Waals surface area contributed by atoms with Gasteiger partial charge < -0.3 is 4.74 Å². The third kappa shape index (κ3) is 4.07. The van der Waals surface area contributed by atoms with Gasteiger partial charge in [0.05, 0.1) is 12.4 Å². The van der Waals surface area contributed by atoms with Crippen LogP contribution < -0.4 is 0 Å². The third-order valence-corrected chi connectivity index (χ3v) is 1.23. The molecule has 0 N–H and O–H groups in total. The average Bonchev–Trinajstić information content (AvgIpc) is 1.82. The van der Waals surface area contributed by atoms with Crippen molar-refractivity contribution in [2.75, 3.05) is 6.61 Å². The van der Waals surface area contributed by atoms with E-state index in [2.05, 4.69) is 20.8 Å². The summed E-state index contributed by atoms with van der Waals surface area (Å²) in [5, 5.41) is 0. The first-order valence-corrected chi connectivity index (χ1v) is 3.45. The minimum absolute atomic E-state index is 0.844. The Bertz CT molecular complexity index is 99.1. The van der Waals surface area contributed by atoms with Gasteiger partial charge in [0.15, 0.2) is 0 Å². The zero-order chi connectivity index (χ0) is 7.28. The molecule has 0 atom stereocenters. The summed E-state index contributed by atoms with van der Waals surface area (Å²) in [6.45, 7) is 9.08. The molecule has 54 valence electrons. The molecule has 1 heteroatoms. The lowest BCUT2D eigenvalue weighted by molar-refractivity contribution is 0.211. The Morgan fingerprint density at radius 2 is 1.78 bits per heavy atom. The van der Waals surface area contributed by atoms with Crippen LogP contribution in [0.1, 0.15) is 34.1 Å². The zero-order valence-electron chi connectivity index (χ0n) is 6.82. The number of ether oxygens (including phenoxy) is 1. The molecule has 0 unspecified atom stereocenters. The molecule has 0 bridgehead atoms. The predicted molar refractivity (Wildman–Crippen MR) is 40.3 cm³/mol. The summed E-state index contributed by atoms with van der Waals surface area (Å²) in [5.41, 5.74) is 1.27. The van der Waals surface area contributed by atoms with Crippen molar-refractivity contribution in [3.05, 3.63) is 11.3 Å². The van der Waals surface area contributed by atoms with Crippen molar-refractivity contribution in [3.8, 4) is 0 Å². The maximum atomic E-state index is 5.33. The molecule has 0 spiro atoms. The molecule has 0 heterocycles. The third-order valence-electron chi connectivity index (χ3n) is 1.23. The summed E-state index contributed by atoms with van der Waals surface area (Å²) in [5.74, 6) is 1.07. The molecule has 0 amide bonds. The van der Waals surface area contributed by atoms with Crippen molar-refractivity contribution in [3.63, 3.8) is 0 Å². The molecule has 0 radical (unpaired) electrons. The molecule has 0 saturated carbocycles. The molecule has 0 rings (SSSR count). The van der Waals surface area contributed by atoms with Crippen LogP contribution in [0.15, 0.2) is 11.3 Å². The van der Waals surface area contributed by atoms with Gasteiger partial charge in [0, 0.05) is 0 Å². The van der Waals surface area contributed by atoms with E-state index < -0.39 is 0 Å². The van der Waals surface area contributed by atoms with Gasteiger partial charge >= 0.3 is 0 Å². The summed E-state index contributed by atoms with van der Waals surface area (Å²) < 4.78 is 5.33. The molecular weight excluding hydrogens is 112 g/mol.